The average Bonchev–Trinajstić information content (AvgIpc) is 2.15. The first-order valence-corrected chi connectivity index (χ1v) is 8.03. The first-order chi connectivity index (χ1) is 7.75. The molecule has 0 fully saturated rings. The van der Waals surface area contributed by atoms with Gasteiger partial charge < -0.3 is 15.3 Å². The summed E-state index contributed by atoms with van der Waals surface area (Å²) in [5.41, 5.74) is -0.313. The van der Waals surface area contributed by atoms with Crippen LogP contribution in [0.1, 0.15) is 41.5 Å². The molecule has 18 heavy (non-hydrogen) atoms. The SMILES string of the molecule is CC(C)C(=O)O.CC(I)C(O)C(O)(I)C(C)(C)C. The van der Waals surface area contributed by atoms with E-state index < -0.39 is 15.7 Å². The Hall–Kier alpha value is 0.850. The number of aliphatic hydroxyl groups excluding tert-OH is 1. The first-order valence-electron chi connectivity index (χ1n) is 5.71. The molecular formula is C12H24I2O4. The van der Waals surface area contributed by atoms with Crippen LogP contribution in [-0.4, -0.2) is 34.9 Å². The number of aliphatic hydroxyl groups is 2. The molecule has 0 aromatic carbocycles. The number of halogens is 2. The van der Waals surface area contributed by atoms with Gasteiger partial charge in [-0.3, -0.25) is 4.79 Å². The van der Waals surface area contributed by atoms with E-state index in [1.54, 1.807) is 13.8 Å². The molecule has 0 aromatic heterocycles. The highest BCUT2D eigenvalue weighted by Gasteiger charge is 2.45. The molecule has 0 rings (SSSR count). The molecule has 0 heterocycles. The minimum atomic E-state index is -1.06. The highest BCUT2D eigenvalue weighted by atomic mass is 127. The number of carbonyl (C=O) groups is 1. The molecule has 110 valence electrons. The molecule has 0 amide bonds. The number of alkyl halides is 2. The Morgan fingerprint density at radius 2 is 1.44 bits per heavy atom. The first kappa shape index (κ1) is 21.2. The number of carboxylic acid groups (broad SMARTS) is 1. The Bertz CT molecular complexity index is 257. The van der Waals surface area contributed by atoms with Crippen LogP contribution in [0.25, 0.3) is 0 Å². The summed E-state index contributed by atoms with van der Waals surface area (Å²) in [6.45, 7) is 10.9. The smallest absolute Gasteiger partial charge is 0.305 e. The molecule has 4 nitrogen and oxygen atoms in total. The van der Waals surface area contributed by atoms with E-state index in [0.717, 1.165) is 0 Å². The highest BCUT2D eigenvalue weighted by Crippen LogP contribution is 2.41. The molecule has 3 unspecified atom stereocenters. The van der Waals surface area contributed by atoms with Gasteiger partial charge in [-0.05, 0) is 22.6 Å². The van der Waals surface area contributed by atoms with E-state index >= 15 is 0 Å². The molecule has 6 heteroatoms. The van der Waals surface area contributed by atoms with E-state index in [0.29, 0.717) is 0 Å². The minimum absolute atomic E-state index is 0.0451. The number of hydrogen-bond acceptors (Lipinski definition) is 3. The molecule has 0 spiro atoms. The van der Waals surface area contributed by atoms with Crippen LogP contribution in [0, 0.1) is 11.3 Å². The zero-order valence-electron chi connectivity index (χ0n) is 11.7. The van der Waals surface area contributed by atoms with Gasteiger partial charge in [0.15, 0.2) is 0 Å². The van der Waals surface area contributed by atoms with Crippen molar-refractivity contribution < 1.29 is 20.1 Å². The van der Waals surface area contributed by atoms with Crippen molar-refractivity contribution in [2.45, 2.75) is 55.2 Å². The molecule has 0 radical (unpaired) electrons. The molecule has 0 aliphatic rings. The Kier molecular flexibility index (Phi) is 9.64. The minimum Gasteiger partial charge on any atom is -0.481 e. The standard InChI is InChI=1S/C8H16I2O2.C4H8O2/c1-5(9)6(11)8(10,12)7(2,3)4;1-3(2)4(5)6/h5-6,11-12H,1-4H3;3H,1-2H3,(H,5,6). The Morgan fingerprint density at radius 3 is 1.50 bits per heavy atom. The monoisotopic (exact) mass is 486 g/mol. The number of hydrogen-bond donors (Lipinski definition) is 3. The maximum absolute atomic E-state index is 10.0. The molecule has 0 saturated carbocycles. The van der Waals surface area contributed by atoms with Gasteiger partial charge in [-0.1, -0.05) is 64.1 Å². The second-order valence-corrected chi connectivity index (χ2v) is 9.15. The second-order valence-electron chi connectivity index (χ2n) is 5.54. The molecule has 3 atom stereocenters. The summed E-state index contributed by atoms with van der Waals surface area (Å²) in [7, 11) is 0. The topological polar surface area (TPSA) is 77.8 Å². The zero-order valence-corrected chi connectivity index (χ0v) is 16.1. The van der Waals surface area contributed by atoms with Crippen LogP contribution in [0.5, 0.6) is 0 Å². The van der Waals surface area contributed by atoms with E-state index in [9.17, 15) is 15.0 Å². The third-order valence-corrected chi connectivity index (χ3v) is 5.31. The lowest BCUT2D eigenvalue weighted by atomic mass is 9.85. The van der Waals surface area contributed by atoms with Gasteiger partial charge in [0.25, 0.3) is 0 Å². The summed E-state index contributed by atoms with van der Waals surface area (Å²) in [5.74, 6) is -0.972. The van der Waals surface area contributed by atoms with Gasteiger partial charge in [0.1, 0.15) is 9.71 Å². The van der Waals surface area contributed by atoms with Crippen molar-refractivity contribution in [2.75, 3.05) is 0 Å². The van der Waals surface area contributed by atoms with E-state index in [2.05, 4.69) is 22.6 Å². The summed E-state index contributed by atoms with van der Waals surface area (Å²) in [4.78, 5) is 9.70. The quantitative estimate of drug-likeness (QED) is 0.424. The molecule has 0 saturated heterocycles. The second kappa shape index (κ2) is 8.21. The van der Waals surface area contributed by atoms with Crippen LogP contribution in [0.2, 0.25) is 0 Å². The summed E-state index contributed by atoms with van der Waals surface area (Å²) in [6, 6.07) is 0. The lowest BCUT2D eigenvalue weighted by Gasteiger charge is -2.40. The highest BCUT2D eigenvalue weighted by molar-refractivity contribution is 14.1. The van der Waals surface area contributed by atoms with Crippen LogP contribution >= 0.6 is 45.2 Å². The van der Waals surface area contributed by atoms with E-state index in [4.69, 9.17) is 5.11 Å². The van der Waals surface area contributed by atoms with Crippen LogP contribution in [0.15, 0.2) is 0 Å². The van der Waals surface area contributed by atoms with E-state index in [1.165, 1.54) is 0 Å². The number of rotatable bonds is 3. The maximum atomic E-state index is 10.0. The van der Waals surface area contributed by atoms with Gasteiger partial charge in [0.05, 0.1) is 5.92 Å². The van der Waals surface area contributed by atoms with Crippen LogP contribution in [-0.2, 0) is 4.79 Å². The summed E-state index contributed by atoms with van der Waals surface area (Å²) in [5, 5.41) is 27.7. The summed E-state index contributed by atoms with van der Waals surface area (Å²) in [6.07, 6.45) is -0.696. The molecule has 3 N–H and O–H groups in total. The van der Waals surface area contributed by atoms with Gasteiger partial charge in [-0.25, -0.2) is 0 Å². The van der Waals surface area contributed by atoms with Crippen molar-refractivity contribution >= 4 is 51.2 Å². The van der Waals surface area contributed by atoms with Crippen molar-refractivity contribution in [3.05, 3.63) is 0 Å². The third-order valence-electron chi connectivity index (χ3n) is 2.37. The average molecular weight is 486 g/mol. The van der Waals surface area contributed by atoms with Crippen molar-refractivity contribution in [1.29, 1.82) is 0 Å². The largest absolute Gasteiger partial charge is 0.481 e. The number of carboxylic acids is 1. The Balaban J connectivity index is 0. The Labute approximate surface area is 137 Å². The molecule has 0 bridgehead atoms. The van der Waals surface area contributed by atoms with Crippen LogP contribution in [0.3, 0.4) is 0 Å². The van der Waals surface area contributed by atoms with Crippen molar-refractivity contribution in [1.82, 2.24) is 0 Å². The molecule has 0 aromatic rings. The fourth-order valence-electron chi connectivity index (χ4n) is 0.748. The zero-order chi connectivity index (χ0) is 15.3. The fraction of sp³-hybridized carbons (Fsp3) is 0.917. The van der Waals surface area contributed by atoms with E-state index in [1.807, 2.05) is 50.3 Å². The summed E-state index contributed by atoms with van der Waals surface area (Å²) >= 11 is 4.04. The van der Waals surface area contributed by atoms with E-state index in [-0.39, 0.29) is 15.3 Å². The summed E-state index contributed by atoms with van der Waals surface area (Å²) < 4.78 is -1.02. The van der Waals surface area contributed by atoms with Gasteiger partial charge in [-0.15, -0.1) is 0 Å². The Morgan fingerprint density at radius 1 is 1.17 bits per heavy atom. The van der Waals surface area contributed by atoms with Crippen molar-refractivity contribution in [3.63, 3.8) is 0 Å². The third kappa shape index (κ3) is 7.44. The van der Waals surface area contributed by atoms with Gasteiger partial charge in [0.2, 0.25) is 0 Å². The molecule has 0 aliphatic heterocycles. The normalized spacial score (nSPS) is 18.4. The molecule has 0 aliphatic carbocycles. The predicted molar refractivity (Wildman–Crippen MR) is 90.4 cm³/mol. The maximum Gasteiger partial charge on any atom is 0.305 e. The van der Waals surface area contributed by atoms with Crippen LogP contribution < -0.4 is 0 Å². The van der Waals surface area contributed by atoms with Crippen molar-refractivity contribution in [3.8, 4) is 0 Å². The van der Waals surface area contributed by atoms with Gasteiger partial charge >= 0.3 is 5.97 Å². The molecular weight excluding hydrogens is 462 g/mol. The van der Waals surface area contributed by atoms with Gasteiger partial charge in [-0.2, -0.15) is 0 Å². The lowest BCUT2D eigenvalue weighted by molar-refractivity contribution is -0.140. The van der Waals surface area contributed by atoms with Crippen molar-refractivity contribution in [2.24, 2.45) is 11.3 Å². The van der Waals surface area contributed by atoms with Crippen LogP contribution in [0.4, 0.5) is 0 Å². The fourth-order valence-corrected chi connectivity index (χ4v) is 2.50. The predicted octanol–water partition coefficient (Wildman–Crippen LogP) is 3.07. The lowest BCUT2D eigenvalue weighted by Crippen LogP contribution is -2.50. The number of aliphatic carboxylic acids is 1. The van der Waals surface area contributed by atoms with Gasteiger partial charge in [0, 0.05) is 9.34 Å².